The number of ether oxygens (including phenoxy) is 2. The molecule has 0 spiro atoms. The van der Waals surface area contributed by atoms with Gasteiger partial charge in [-0.3, -0.25) is 4.79 Å². The van der Waals surface area contributed by atoms with Crippen LogP contribution in [0.3, 0.4) is 0 Å². The molecule has 0 aliphatic rings. The van der Waals surface area contributed by atoms with Crippen LogP contribution >= 0.6 is 12.4 Å². The lowest BCUT2D eigenvalue weighted by atomic mass is 10.1. The number of anilines is 1. The number of hydrogen-bond acceptors (Lipinski definition) is 4. The van der Waals surface area contributed by atoms with Crippen LogP contribution in [-0.4, -0.2) is 19.1 Å². The normalized spacial score (nSPS) is 9.84. The van der Waals surface area contributed by atoms with Gasteiger partial charge in [0.2, 0.25) is 0 Å². The van der Waals surface area contributed by atoms with Crippen LogP contribution in [0, 0.1) is 0 Å². The van der Waals surface area contributed by atoms with Gasteiger partial charge in [-0.25, -0.2) is 0 Å². The first-order chi connectivity index (χ1) is 11.6. The minimum Gasteiger partial charge on any atom is -0.494 e. The van der Waals surface area contributed by atoms with Gasteiger partial charge in [0, 0.05) is 12.2 Å². The van der Waals surface area contributed by atoms with E-state index in [2.05, 4.69) is 12.2 Å². The van der Waals surface area contributed by atoms with Crippen molar-refractivity contribution in [3.8, 4) is 17.2 Å². The molecule has 25 heavy (non-hydrogen) atoms. The van der Waals surface area contributed by atoms with Gasteiger partial charge in [0.15, 0.2) is 0 Å². The molecule has 0 aliphatic heterocycles. The van der Waals surface area contributed by atoms with E-state index >= 15 is 0 Å². The van der Waals surface area contributed by atoms with E-state index in [1.165, 1.54) is 0 Å². The van der Waals surface area contributed by atoms with Crippen LogP contribution in [0.25, 0.3) is 0 Å². The van der Waals surface area contributed by atoms with E-state index < -0.39 is 0 Å². The van der Waals surface area contributed by atoms with E-state index in [0.29, 0.717) is 35.9 Å². The number of nitrogens with one attached hydrogen (secondary N) is 1. The molecule has 0 saturated carbocycles. The number of hydrogen-bond donors (Lipinski definition) is 2. The Bertz CT molecular complexity index is 675. The van der Waals surface area contributed by atoms with Crippen LogP contribution in [0.15, 0.2) is 42.5 Å². The summed E-state index contributed by atoms with van der Waals surface area (Å²) in [5, 5.41) is 2.88. The van der Waals surface area contributed by atoms with Crippen molar-refractivity contribution in [1.29, 1.82) is 0 Å². The fraction of sp³-hybridized carbons (Fsp3) is 0.316. The van der Waals surface area contributed by atoms with E-state index in [1.807, 2.05) is 19.1 Å². The molecule has 1 amide bonds. The summed E-state index contributed by atoms with van der Waals surface area (Å²) in [6, 6.07) is 12.3. The minimum atomic E-state index is -0.184. The van der Waals surface area contributed by atoms with Crippen LogP contribution in [0.2, 0.25) is 0 Å². The number of benzene rings is 2. The number of carbonyl (C=O) groups is 1. The van der Waals surface area contributed by atoms with Crippen molar-refractivity contribution >= 4 is 24.0 Å². The molecule has 0 radical (unpaired) electrons. The maximum absolute atomic E-state index is 12.4. The Balaban J connectivity index is 0.00000312. The zero-order valence-electron chi connectivity index (χ0n) is 14.6. The Labute approximate surface area is 154 Å². The molecule has 2 rings (SSSR count). The highest BCUT2D eigenvalue weighted by atomic mass is 35.5. The minimum absolute atomic E-state index is 0. The maximum atomic E-state index is 12.4. The fourth-order valence-electron chi connectivity index (χ4n) is 2.19. The molecule has 6 heteroatoms. The number of carbonyl (C=O) groups excluding carboxylic acids is 1. The first-order valence-corrected chi connectivity index (χ1v) is 8.22. The molecule has 0 aromatic heterocycles. The quantitative estimate of drug-likeness (QED) is 0.537. The third kappa shape index (κ3) is 6.19. The van der Waals surface area contributed by atoms with Gasteiger partial charge in [0.05, 0.1) is 12.2 Å². The van der Waals surface area contributed by atoms with Crippen LogP contribution in [0.4, 0.5) is 5.69 Å². The lowest BCUT2D eigenvalue weighted by molar-refractivity contribution is 0.0951. The number of nitrogen functional groups attached to an aromatic ring is 1. The van der Waals surface area contributed by atoms with Gasteiger partial charge in [-0.15, -0.1) is 12.4 Å². The third-order valence-corrected chi connectivity index (χ3v) is 3.43. The van der Waals surface area contributed by atoms with Crippen molar-refractivity contribution in [2.75, 3.05) is 18.9 Å². The summed E-state index contributed by atoms with van der Waals surface area (Å²) in [7, 11) is 0. The molecular weight excluding hydrogens is 340 g/mol. The SMILES string of the molecule is CCCCNC(=O)c1cc(N)ccc1Oc1ccc(OCC)cc1.Cl. The number of unbranched alkanes of at least 4 members (excludes halogenated alkanes) is 1. The molecular formula is C19H25ClN2O3. The van der Waals surface area contributed by atoms with Gasteiger partial charge in [-0.05, 0) is 55.8 Å². The summed E-state index contributed by atoms with van der Waals surface area (Å²) in [6.45, 7) is 5.25. The molecule has 3 N–H and O–H groups in total. The molecule has 0 unspecified atom stereocenters. The van der Waals surface area contributed by atoms with Gasteiger partial charge in [-0.1, -0.05) is 13.3 Å². The predicted octanol–water partition coefficient (Wildman–Crippen LogP) is 4.41. The zero-order chi connectivity index (χ0) is 17.4. The molecule has 0 saturated heterocycles. The second-order valence-electron chi connectivity index (χ2n) is 5.37. The smallest absolute Gasteiger partial charge is 0.255 e. The Hall–Kier alpha value is -2.40. The second-order valence-corrected chi connectivity index (χ2v) is 5.37. The van der Waals surface area contributed by atoms with E-state index in [0.717, 1.165) is 18.6 Å². The van der Waals surface area contributed by atoms with Crippen molar-refractivity contribution in [3.05, 3.63) is 48.0 Å². The molecule has 5 nitrogen and oxygen atoms in total. The van der Waals surface area contributed by atoms with Crippen molar-refractivity contribution in [2.24, 2.45) is 0 Å². The Kier molecular flexibility index (Phi) is 8.64. The van der Waals surface area contributed by atoms with Gasteiger partial charge >= 0.3 is 0 Å². The van der Waals surface area contributed by atoms with Crippen molar-refractivity contribution in [2.45, 2.75) is 26.7 Å². The summed E-state index contributed by atoms with van der Waals surface area (Å²) in [6.07, 6.45) is 1.95. The first-order valence-electron chi connectivity index (χ1n) is 8.22. The maximum Gasteiger partial charge on any atom is 0.255 e. The van der Waals surface area contributed by atoms with Crippen molar-refractivity contribution < 1.29 is 14.3 Å². The summed E-state index contributed by atoms with van der Waals surface area (Å²) < 4.78 is 11.3. The van der Waals surface area contributed by atoms with Crippen molar-refractivity contribution in [3.63, 3.8) is 0 Å². The highest BCUT2D eigenvalue weighted by molar-refractivity contribution is 5.97. The van der Waals surface area contributed by atoms with E-state index in [-0.39, 0.29) is 18.3 Å². The molecule has 0 fully saturated rings. The second kappa shape index (κ2) is 10.5. The molecule has 136 valence electrons. The zero-order valence-corrected chi connectivity index (χ0v) is 15.4. The van der Waals surface area contributed by atoms with E-state index in [4.69, 9.17) is 15.2 Å². The molecule has 0 heterocycles. The fourth-order valence-corrected chi connectivity index (χ4v) is 2.19. The lowest BCUT2D eigenvalue weighted by Gasteiger charge is -2.12. The lowest BCUT2D eigenvalue weighted by Crippen LogP contribution is -2.24. The van der Waals surface area contributed by atoms with Crippen LogP contribution < -0.4 is 20.5 Å². The van der Waals surface area contributed by atoms with E-state index in [1.54, 1.807) is 30.3 Å². The Morgan fingerprint density at radius 3 is 2.40 bits per heavy atom. The van der Waals surface area contributed by atoms with Gasteiger partial charge in [0.25, 0.3) is 5.91 Å². The van der Waals surface area contributed by atoms with Crippen LogP contribution in [-0.2, 0) is 0 Å². The third-order valence-electron chi connectivity index (χ3n) is 3.43. The summed E-state index contributed by atoms with van der Waals surface area (Å²) >= 11 is 0. The topological polar surface area (TPSA) is 73.6 Å². The first kappa shape index (κ1) is 20.6. The number of nitrogens with two attached hydrogens (primary N) is 1. The van der Waals surface area contributed by atoms with Crippen molar-refractivity contribution in [1.82, 2.24) is 5.32 Å². The standard InChI is InChI=1S/C19H24N2O3.ClH/c1-3-5-12-21-19(22)17-13-14(20)6-11-18(17)24-16-9-7-15(8-10-16)23-4-2;/h6-11,13H,3-5,12,20H2,1-2H3,(H,21,22);1H. The van der Waals surface area contributed by atoms with E-state index in [9.17, 15) is 4.79 Å². The molecule has 0 bridgehead atoms. The summed E-state index contributed by atoms with van der Waals surface area (Å²) in [5.41, 5.74) is 6.77. The van der Waals surface area contributed by atoms with Gasteiger partial charge < -0.3 is 20.5 Å². The number of amides is 1. The largest absolute Gasteiger partial charge is 0.494 e. The number of halogens is 1. The molecule has 2 aromatic rings. The van der Waals surface area contributed by atoms with Crippen LogP contribution in [0.5, 0.6) is 17.2 Å². The average molecular weight is 365 g/mol. The highest BCUT2D eigenvalue weighted by Crippen LogP contribution is 2.28. The average Bonchev–Trinajstić information content (AvgIpc) is 2.58. The summed E-state index contributed by atoms with van der Waals surface area (Å²) in [4.78, 5) is 12.4. The van der Waals surface area contributed by atoms with Gasteiger partial charge in [-0.2, -0.15) is 0 Å². The summed E-state index contributed by atoms with van der Waals surface area (Å²) in [5.74, 6) is 1.70. The molecule has 0 atom stereocenters. The predicted molar refractivity (Wildman–Crippen MR) is 103 cm³/mol. The highest BCUT2D eigenvalue weighted by Gasteiger charge is 2.13. The molecule has 2 aromatic carbocycles. The number of rotatable bonds is 8. The van der Waals surface area contributed by atoms with Gasteiger partial charge in [0.1, 0.15) is 17.2 Å². The van der Waals surface area contributed by atoms with Crippen LogP contribution in [0.1, 0.15) is 37.0 Å². The Morgan fingerprint density at radius 2 is 1.76 bits per heavy atom. The molecule has 0 aliphatic carbocycles. The monoisotopic (exact) mass is 364 g/mol. The Morgan fingerprint density at radius 1 is 1.08 bits per heavy atom.